The fourth-order valence-corrected chi connectivity index (χ4v) is 3.62. The molecule has 0 saturated heterocycles. The van der Waals surface area contributed by atoms with Crippen LogP contribution in [0.15, 0.2) is 45.3 Å². The van der Waals surface area contributed by atoms with E-state index in [-0.39, 0.29) is 18.1 Å². The lowest BCUT2D eigenvalue weighted by Gasteiger charge is -2.20. The summed E-state index contributed by atoms with van der Waals surface area (Å²) in [6.07, 6.45) is 0. The van der Waals surface area contributed by atoms with Crippen molar-refractivity contribution in [3.63, 3.8) is 0 Å². The van der Waals surface area contributed by atoms with E-state index in [1.165, 1.54) is 0 Å². The van der Waals surface area contributed by atoms with Gasteiger partial charge < -0.3 is 20.1 Å². The van der Waals surface area contributed by atoms with Crippen LogP contribution in [0.4, 0.5) is 4.79 Å². The first-order valence-electron chi connectivity index (χ1n) is 8.09. The number of urea groups is 1. The van der Waals surface area contributed by atoms with Crippen molar-refractivity contribution < 1.29 is 14.3 Å². The Morgan fingerprint density at radius 2 is 1.23 bits per heavy atom. The first kappa shape index (κ1) is 20.6. The lowest BCUT2D eigenvalue weighted by atomic mass is 10.1. The number of hydrogen-bond acceptors (Lipinski definition) is 3. The molecule has 2 N–H and O–H groups in total. The molecule has 0 unspecified atom stereocenters. The van der Waals surface area contributed by atoms with Crippen molar-refractivity contribution in [2.24, 2.45) is 0 Å². The van der Waals surface area contributed by atoms with Crippen LogP contribution in [0, 0.1) is 0 Å². The van der Waals surface area contributed by atoms with Gasteiger partial charge in [-0.15, -0.1) is 0 Å². The van der Waals surface area contributed by atoms with Crippen LogP contribution in [-0.2, 0) is 0 Å². The third kappa shape index (κ3) is 5.14. The highest BCUT2D eigenvalue weighted by Crippen LogP contribution is 2.29. The third-order valence-corrected chi connectivity index (χ3v) is 5.29. The van der Waals surface area contributed by atoms with Gasteiger partial charge >= 0.3 is 6.03 Å². The molecule has 2 aromatic carbocycles. The molecule has 2 amide bonds. The molecule has 0 radical (unpaired) electrons. The summed E-state index contributed by atoms with van der Waals surface area (Å²) in [5.74, 6) is 1.51. The van der Waals surface area contributed by atoms with Gasteiger partial charge in [-0.3, -0.25) is 0 Å². The molecule has 2 rings (SSSR count). The molecule has 0 aliphatic carbocycles. The number of methoxy groups -OCH3 is 2. The minimum Gasteiger partial charge on any atom is -0.496 e. The predicted octanol–water partition coefficient (Wildman–Crippen LogP) is 5.35. The van der Waals surface area contributed by atoms with Gasteiger partial charge in [0.25, 0.3) is 0 Å². The van der Waals surface area contributed by atoms with Crippen LogP contribution >= 0.6 is 31.9 Å². The van der Waals surface area contributed by atoms with E-state index >= 15 is 0 Å². The van der Waals surface area contributed by atoms with Crippen molar-refractivity contribution in [1.82, 2.24) is 10.6 Å². The smallest absolute Gasteiger partial charge is 0.315 e. The number of carbonyl (C=O) groups is 1. The molecule has 2 aromatic rings. The Kier molecular flexibility index (Phi) is 7.34. The van der Waals surface area contributed by atoms with E-state index in [0.717, 1.165) is 31.6 Å². The summed E-state index contributed by atoms with van der Waals surface area (Å²) >= 11 is 6.93. The van der Waals surface area contributed by atoms with E-state index < -0.39 is 0 Å². The Morgan fingerprint density at radius 3 is 1.54 bits per heavy atom. The Balaban J connectivity index is 1.99. The Morgan fingerprint density at radius 1 is 0.846 bits per heavy atom. The summed E-state index contributed by atoms with van der Waals surface area (Å²) in [5, 5.41) is 5.90. The fourth-order valence-electron chi connectivity index (χ4n) is 2.51. The van der Waals surface area contributed by atoms with Crippen LogP contribution in [0.1, 0.15) is 37.1 Å². The number of hydrogen-bond donors (Lipinski definition) is 2. The van der Waals surface area contributed by atoms with Crippen molar-refractivity contribution in [2.75, 3.05) is 14.2 Å². The maximum atomic E-state index is 12.3. The summed E-state index contributed by atoms with van der Waals surface area (Å²) in [7, 11) is 3.24. The first-order chi connectivity index (χ1) is 12.3. The highest BCUT2D eigenvalue weighted by Gasteiger charge is 2.15. The molecule has 0 aliphatic rings. The van der Waals surface area contributed by atoms with Crippen LogP contribution in [0.2, 0.25) is 0 Å². The maximum absolute atomic E-state index is 12.3. The zero-order valence-corrected chi connectivity index (χ0v) is 18.3. The minimum atomic E-state index is -0.233. The molecule has 0 heterocycles. The summed E-state index contributed by atoms with van der Waals surface area (Å²) in [6.45, 7) is 3.87. The molecule has 26 heavy (non-hydrogen) atoms. The van der Waals surface area contributed by atoms with Crippen molar-refractivity contribution in [2.45, 2.75) is 25.9 Å². The van der Waals surface area contributed by atoms with Crippen molar-refractivity contribution in [3.05, 3.63) is 56.5 Å². The summed E-state index contributed by atoms with van der Waals surface area (Å²) in [6, 6.07) is 10.9. The molecule has 2 atom stereocenters. The lowest BCUT2D eigenvalue weighted by molar-refractivity contribution is 0.235. The van der Waals surface area contributed by atoms with Crippen molar-refractivity contribution >= 4 is 37.9 Å². The van der Waals surface area contributed by atoms with E-state index in [0.29, 0.717) is 0 Å². The normalized spacial score (nSPS) is 12.8. The highest BCUT2D eigenvalue weighted by molar-refractivity contribution is 9.10. The average Bonchev–Trinajstić information content (AvgIpc) is 2.61. The van der Waals surface area contributed by atoms with Gasteiger partial charge in [0, 0.05) is 0 Å². The van der Waals surface area contributed by atoms with Crippen LogP contribution in [-0.4, -0.2) is 20.3 Å². The second kappa shape index (κ2) is 9.28. The lowest BCUT2D eigenvalue weighted by Crippen LogP contribution is -2.38. The van der Waals surface area contributed by atoms with Gasteiger partial charge in [-0.2, -0.15) is 0 Å². The molecule has 5 nitrogen and oxygen atoms in total. The van der Waals surface area contributed by atoms with E-state index in [1.807, 2.05) is 50.2 Å². The number of rotatable bonds is 6. The minimum absolute atomic E-state index is 0.146. The Hall–Kier alpha value is -1.73. The molecule has 0 saturated carbocycles. The van der Waals surface area contributed by atoms with Gasteiger partial charge in [-0.05, 0) is 81.1 Å². The Labute approximate surface area is 170 Å². The number of nitrogens with one attached hydrogen (secondary N) is 2. The van der Waals surface area contributed by atoms with E-state index in [1.54, 1.807) is 14.2 Å². The molecular formula is C19H22Br2N2O3. The van der Waals surface area contributed by atoms with E-state index in [2.05, 4.69) is 42.5 Å². The van der Waals surface area contributed by atoms with Gasteiger partial charge in [-0.25, -0.2) is 4.79 Å². The fraction of sp³-hybridized carbons (Fsp3) is 0.316. The monoisotopic (exact) mass is 484 g/mol. The molecular weight excluding hydrogens is 464 g/mol. The first-order valence-corrected chi connectivity index (χ1v) is 9.68. The number of benzene rings is 2. The number of halogens is 2. The molecule has 0 aromatic heterocycles. The number of amides is 2. The quantitative estimate of drug-likeness (QED) is 0.579. The third-order valence-electron chi connectivity index (χ3n) is 4.05. The summed E-state index contributed by atoms with van der Waals surface area (Å²) in [4.78, 5) is 12.3. The molecule has 0 aliphatic heterocycles. The van der Waals surface area contributed by atoms with Gasteiger partial charge in [-0.1, -0.05) is 12.1 Å². The molecule has 0 spiro atoms. The topological polar surface area (TPSA) is 59.6 Å². The zero-order chi connectivity index (χ0) is 19.3. The van der Waals surface area contributed by atoms with Gasteiger partial charge in [0.15, 0.2) is 0 Å². The standard InChI is InChI=1S/C19H22Br2N2O3/c1-11(13-5-7-17(25-3)15(20)9-13)22-19(24)23-12(2)14-6-8-18(26-4)16(21)10-14/h5-12H,1-4H3,(H2,22,23,24)/t11-,12+. The second-order valence-electron chi connectivity index (χ2n) is 5.85. The van der Waals surface area contributed by atoms with Crippen LogP contribution in [0.3, 0.4) is 0 Å². The molecule has 0 bridgehead atoms. The summed E-state index contributed by atoms with van der Waals surface area (Å²) in [5.41, 5.74) is 1.96. The Bertz CT molecular complexity index is 720. The maximum Gasteiger partial charge on any atom is 0.315 e. The zero-order valence-electron chi connectivity index (χ0n) is 15.1. The predicted molar refractivity (Wildman–Crippen MR) is 110 cm³/mol. The largest absolute Gasteiger partial charge is 0.496 e. The highest BCUT2D eigenvalue weighted by atomic mass is 79.9. The van der Waals surface area contributed by atoms with E-state index in [9.17, 15) is 4.79 Å². The summed E-state index contributed by atoms with van der Waals surface area (Å²) < 4.78 is 12.2. The van der Waals surface area contributed by atoms with Crippen molar-refractivity contribution in [1.29, 1.82) is 0 Å². The van der Waals surface area contributed by atoms with Gasteiger partial charge in [0.2, 0.25) is 0 Å². The molecule has 7 heteroatoms. The molecule has 0 fully saturated rings. The SMILES string of the molecule is COc1ccc([C@H](C)NC(=O)N[C@H](C)c2ccc(OC)c(Br)c2)cc1Br. The van der Waals surface area contributed by atoms with Crippen LogP contribution < -0.4 is 20.1 Å². The van der Waals surface area contributed by atoms with Gasteiger partial charge in [0.1, 0.15) is 11.5 Å². The van der Waals surface area contributed by atoms with Crippen molar-refractivity contribution in [3.8, 4) is 11.5 Å². The van der Waals surface area contributed by atoms with Crippen LogP contribution in [0.5, 0.6) is 11.5 Å². The van der Waals surface area contributed by atoms with Gasteiger partial charge in [0.05, 0.1) is 35.2 Å². The van der Waals surface area contributed by atoms with E-state index in [4.69, 9.17) is 9.47 Å². The number of carbonyl (C=O) groups excluding carboxylic acids is 1. The average molecular weight is 486 g/mol. The molecule has 140 valence electrons. The second-order valence-corrected chi connectivity index (χ2v) is 7.56. The van der Waals surface area contributed by atoms with Crippen LogP contribution in [0.25, 0.3) is 0 Å². The number of ether oxygens (including phenoxy) is 2.